The number of para-hydroxylation sites is 1. The van der Waals surface area contributed by atoms with Gasteiger partial charge in [-0.1, -0.05) is 18.2 Å². The highest BCUT2D eigenvalue weighted by Crippen LogP contribution is 2.29. The van der Waals surface area contributed by atoms with Crippen molar-refractivity contribution in [3.63, 3.8) is 0 Å². The van der Waals surface area contributed by atoms with Crippen LogP contribution in [0.2, 0.25) is 0 Å². The van der Waals surface area contributed by atoms with Crippen LogP contribution >= 0.6 is 0 Å². The number of hydrogen-bond donors (Lipinski definition) is 3. The third-order valence-corrected chi connectivity index (χ3v) is 4.14. The van der Waals surface area contributed by atoms with Gasteiger partial charge in [0.1, 0.15) is 0 Å². The number of ether oxygens (including phenoxy) is 2. The van der Waals surface area contributed by atoms with Gasteiger partial charge in [-0.05, 0) is 29.7 Å². The number of hydrogen-bond acceptors (Lipinski definition) is 3. The Bertz CT molecular complexity index is 869. The van der Waals surface area contributed by atoms with Gasteiger partial charge in [0.25, 0.3) is 0 Å². The maximum Gasteiger partial charge on any atom is 0.195 e. The zero-order chi connectivity index (χ0) is 18.4. The van der Waals surface area contributed by atoms with Crippen molar-refractivity contribution >= 4 is 22.5 Å². The van der Waals surface area contributed by atoms with E-state index in [1.165, 1.54) is 11.1 Å². The molecular formula is C20H24N4O2. The molecule has 26 heavy (non-hydrogen) atoms. The molecule has 0 aliphatic carbocycles. The number of nitrogens with one attached hydrogen (secondary N) is 3. The van der Waals surface area contributed by atoms with E-state index in [4.69, 9.17) is 9.47 Å². The summed E-state index contributed by atoms with van der Waals surface area (Å²) in [5, 5.41) is 7.82. The second-order valence-electron chi connectivity index (χ2n) is 5.83. The molecular weight excluding hydrogens is 328 g/mol. The van der Waals surface area contributed by atoms with E-state index in [-0.39, 0.29) is 0 Å². The Morgan fingerprint density at radius 3 is 2.58 bits per heavy atom. The quantitative estimate of drug-likeness (QED) is 0.470. The summed E-state index contributed by atoms with van der Waals surface area (Å²) in [5.41, 5.74) is 3.23. The van der Waals surface area contributed by atoms with E-state index in [0.717, 1.165) is 24.2 Å². The molecule has 0 aliphatic rings. The summed E-state index contributed by atoms with van der Waals surface area (Å²) in [4.78, 5) is 7.70. The summed E-state index contributed by atoms with van der Waals surface area (Å²) in [6, 6.07) is 16.1. The Morgan fingerprint density at radius 1 is 1.04 bits per heavy atom. The van der Waals surface area contributed by atoms with Gasteiger partial charge in [-0.3, -0.25) is 4.99 Å². The molecule has 0 aliphatic heterocycles. The SMILES string of the molecule is CN=C(NCCc1cc2ccccc2[nH]1)Nc1ccc(OC)c(OC)c1. The molecule has 0 saturated carbocycles. The number of rotatable bonds is 6. The fraction of sp³-hybridized carbons (Fsp3) is 0.250. The van der Waals surface area contributed by atoms with Crippen LogP contribution < -0.4 is 20.1 Å². The molecule has 2 aromatic carbocycles. The van der Waals surface area contributed by atoms with Crippen LogP contribution in [0, 0.1) is 0 Å². The largest absolute Gasteiger partial charge is 0.493 e. The first-order valence-corrected chi connectivity index (χ1v) is 8.50. The predicted octanol–water partition coefficient (Wildman–Crippen LogP) is 3.42. The zero-order valence-corrected chi connectivity index (χ0v) is 15.3. The molecule has 0 amide bonds. The Labute approximate surface area is 153 Å². The molecule has 0 fully saturated rings. The average molecular weight is 352 g/mol. The summed E-state index contributed by atoms with van der Waals surface area (Å²) in [7, 11) is 4.99. The van der Waals surface area contributed by atoms with E-state index in [1.54, 1.807) is 21.3 Å². The van der Waals surface area contributed by atoms with E-state index in [0.29, 0.717) is 17.5 Å². The van der Waals surface area contributed by atoms with Crippen molar-refractivity contribution in [3.05, 3.63) is 54.2 Å². The summed E-state index contributed by atoms with van der Waals surface area (Å²) in [6.45, 7) is 0.764. The number of nitrogens with zero attached hydrogens (tertiary/aromatic N) is 1. The molecule has 0 spiro atoms. The minimum atomic E-state index is 0.672. The van der Waals surface area contributed by atoms with Gasteiger partial charge in [0.15, 0.2) is 17.5 Å². The number of guanidine groups is 1. The number of benzene rings is 2. The smallest absolute Gasteiger partial charge is 0.195 e. The number of fused-ring (bicyclic) bond motifs is 1. The standard InChI is InChI=1S/C20H24N4O2/c1-21-20(24-15-8-9-18(25-2)19(13-15)26-3)22-11-10-16-12-14-6-4-5-7-17(14)23-16/h4-9,12-13,23H,10-11H2,1-3H3,(H2,21,22,24). The molecule has 3 aromatic rings. The number of anilines is 1. The van der Waals surface area contributed by atoms with Crippen LogP contribution in [0.25, 0.3) is 10.9 Å². The van der Waals surface area contributed by atoms with E-state index < -0.39 is 0 Å². The normalized spacial score (nSPS) is 11.4. The molecule has 0 bridgehead atoms. The highest BCUT2D eigenvalue weighted by Gasteiger charge is 2.06. The Hall–Kier alpha value is -3.15. The molecule has 6 heteroatoms. The summed E-state index contributed by atoms with van der Waals surface area (Å²) in [6.07, 6.45) is 0.876. The van der Waals surface area contributed by atoms with Gasteiger partial charge >= 0.3 is 0 Å². The second kappa shape index (κ2) is 8.29. The summed E-state index contributed by atoms with van der Waals surface area (Å²) >= 11 is 0. The molecule has 0 radical (unpaired) electrons. The minimum absolute atomic E-state index is 0.672. The Morgan fingerprint density at radius 2 is 1.85 bits per heavy atom. The van der Waals surface area contributed by atoms with Gasteiger partial charge in [0, 0.05) is 43.0 Å². The first kappa shape index (κ1) is 17.7. The molecule has 6 nitrogen and oxygen atoms in total. The monoisotopic (exact) mass is 352 g/mol. The van der Waals surface area contributed by atoms with Gasteiger partial charge in [0.05, 0.1) is 14.2 Å². The van der Waals surface area contributed by atoms with E-state index >= 15 is 0 Å². The van der Waals surface area contributed by atoms with Crippen molar-refractivity contribution in [2.75, 3.05) is 33.1 Å². The average Bonchev–Trinajstić information content (AvgIpc) is 3.09. The summed E-state index contributed by atoms with van der Waals surface area (Å²) in [5.74, 6) is 2.07. The molecule has 136 valence electrons. The molecule has 3 N–H and O–H groups in total. The molecule has 0 unspecified atom stereocenters. The van der Waals surface area contributed by atoms with E-state index in [1.807, 2.05) is 30.3 Å². The predicted molar refractivity (Wildman–Crippen MR) is 107 cm³/mol. The van der Waals surface area contributed by atoms with Crippen molar-refractivity contribution in [1.29, 1.82) is 0 Å². The van der Waals surface area contributed by atoms with Crippen LogP contribution in [-0.2, 0) is 6.42 Å². The van der Waals surface area contributed by atoms with Gasteiger partial charge in [-0.2, -0.15) is 0 Å². The highest BCUT2D eigenvalue weighted by atomic mass is 16.5. The lowest BCUT2D eigenvalue weighted by Gasteiger charge is -2.14. The van der Waals surface area contributed by atoms with Crippen molar-refractivity contribution in [1.82, 2.24) is 10.3 Å². The van der Waals surface area contributed by atoms with Crippen LogP contribution in [0.4, 0.5) is 5.69 Å². The first-order chi connectivity index (χ1) is 12.7. The zero-order valence-electron chi connectivity index (χ0n) is 15.3. The third kappa shape index (κ3) is 4.08. The summed E-state index contributed by atoms with van der Waals surface area (Å²) < 4.78 is 10.6. The fourth-order valence-electron chi connectivity index (χ4n) is 2.81. The van der Waals surface area contributed by atoms with Crippen LogP contribution in [0.1, 0.15) is 5.69 Å². The minimum Gasteiger partial charge on any atom is -0.493 e. The number of methoxy groups -OCH3 is 2. The van der Waals surface area contributed by atoms with Crippen LogP contribution in [-0.4, -0.2) is 38.8 Å². The van der Waals surface area contributed by atoms with Crippen molar-refractivity contribution in [2.45, 2.75) is 6.42 Å². The maximum absolute atomic E-state index is 5.33. The van der Waals surface area contributed by atoms with Gasteiger partial charge in [-0.25, -0.2) is 0 Å². The molecule has 0 saturated heterocycles. The number of aliphatic imine (C=N–C) groups is 1. The lowest BCUT2D eigenvalue weighted by Crippen LogP contribution is -2.32. The number of H-pyrrole nitrogens is 1. The van der Waals surface area contributed by atoms with Gasteiger partial charge in [0.2, 0.25) is 0 Å². The topological polar surface area (TPSA) is 70.7 Å². The van der Waals surface area contributed by atoms with Crippen molar-refractivity contribution in [2.24, 2.45) is 4.99 Å². The lowest BCUT2D eigenvalue weighted by atomic mass is 10.2. The van der Waals surface area contributed by atoms with Gasteiger partial charge in [-0.15, -0.1) is 0 Å². The first-order valence-electron chi connectivity index (χ1n) is 8.50. The number of aromatic nitrogens is 1. The Balaban J connectivity index is 1.58. The molecule has 1 aromatic heterocycles. The highest BCUT2D eigenvalue weighted by molar-refractivity contribution is 5.93. The van der Waals surface area contributed by atoms with Crippen LogP contribution in [0.3, 0.4) is 0 Å². The van der Waals surface area contributed by atoms with Crippen LogP contribution in [0.15, 0.2) is 53.5 Å². The molecule has 0 atom stereocenters. The number of aromatic amines is 1. The van der Waals surface area contributed by atoms with Crippen LogP contribution in [0.5, 0.6) is 11.5 Å². The fourth-order valence-corrected chi connectivity index (χ4v) is 2.81. The van der Waals surface area contributed by atoms with Gasteiger partial charge < -0.3 is 25.1 Å². The van der Waals surface area contributed by atoms with Crippen molar-refractivity contribution in [3.8, 4) is 11.5 Å². The molecule has 1 heterocycles. The second-order valence-corrected chi connectivity index (χ2v) is 5.83. The Kier molecular flexibility index (Phi) is 5.63. The maximum atomic E-state index is 5.33. The lowest BCUT2D eigenvalue weighted by molar-refractivity contribution is 0.355. The third-order valence-electron chi connectivity index (χ3n) is 4.14. The van der Waals surface area contributed by atoms with E-state index in [9.17, 15) is 0 Å². The molecule has 3 rings (SSSR count). The van der Waals surface area contributed by atoms with Crippen molar-refractivity contribution < 1.29 is 9.47 Å². The van der Waals surface area contributed by atoms with E-state index in [2.05, 4.69) is 38.8 Å².